The average Bonchev–Trinajstić information content (AvgIpc) is 2.45. The van der Waals surface area contributed by atoms with Crippen LogP contribution in [0.15, 0.2) is 48.5 Å². The fraction of sp³-hybridized carbons (Fsp3) is 0.235. The summed E-state index contributed by atoms with van der Waals surface area (Å²) in [6, 6.07) is 15.2. The van der Waals surface area contributed by atoms with Crippen LogP contribution in [0.25, 0.3) is 0 Å². The summed E-state index contributed by atoms with van der Waals surface area (Å²) in [5.41, 5.74) is 7.92. The number of primary amides is 1. The van der Waals surface area contributed by atoms with Gasteiger partial charge >= 0.3 is 0 Å². The van der Waals surface area contributed by atoms with E-state index in [9.17, 15) is 4.79 Å². The van der Waals surface area contributed by atoms with Crippen molar-refractivity contribution in [3.8, 4) is 5.75 Å². The number of ether oxygens (including phenoxy) is 1. The highest BCUT2D eigenvalue weighted by Gasteiger charge is 2.07. The van der Waals surface area contributed by atoms with Gasteiger partial charge in [0.25, 0.3) is 0 Å². The molecule has 20 heavy (non-hydrogen) atoms. The molecule has 0 heterocycles. The topological polar surface area (TPSA) is 52.3 Å². The Hall–Kier alpha value is -2.29. The third-order valence-corrected chi connectivity index (χ3v) is 3.22. The van der Waals surface area contributed by atoms with Crippen molar-refractivity contribution in [2.24, 2.45) is 5.73 Å². The van der Waals surface area contributed by atoms with Gasteiger partial charge in [0.15, 0.2) is 0 Å². The lowest BCUT2D eigenvalue weighted by Gasteiger charge is -2.10. The molecule has 0 fully saturated rings. The van der Waals surface area contributed by atoms with Crippen molar-refractivity contribution < 1.29 is 9.53 Å². The van der Waals surface area contributed by atoms with Crippen LogP contribution in [0.4, 0.5) is 0 Å². The zero-order valence-electron chi connectivity index (χ0n) is 11.8. The summed E-state index contributed by atoms with van der Waals surface area (Å²) in [6.45, 7) is 4.64. The van der Waals surface area contributed by atoms with E-state index in [4.69, 9.17) is 10.5 Å². The van der Waals surface area contributed by atoms with Crippen molar-refractivity contribution in [2.75, 3.05) is 0 Å². The summed E-state index contributed by atoms with van der Waals surface area (Å²) in [7, 11) is 0. The van der Waals surface area contributed by atoms with Crippen LogP contribution in [0.5, 0.6) is 5.75 Å². The molecule has 3 nitrogen and oxygen atoms in total. The van der Waals surface area contributed by atoms with Crippen LogP contribution in [0.3, 0.4) is 0 Å². The van der Waals surface area contributed by atoms with Crippen LogP contribution in [0.2, 0.25) is 0 Å². The van der Waals surface area contributed by atoms with Crippen molar-refractivity contribution in [1.82, 2.24) is 0 Å². The Morgan fingerprint density at radius 2 is 1.75 bits per heavy atom. The van der Waals surface area contributed by atoms with E-state index in [2.05, 4.69) is 26.0 Å². The average molecular weight is 269 g/mol. The van der Waals surface area contributed by atoms with E-state index in [1.165, 1.54) is 5.56 Å². The molecule has 0 aliphatic rings. The van der Waals surface area contributed by atoms with Crippen LogP contribution >= 0.6 is 0 Å². The lowest BCUT2D eigenvalue weighted by molar-refractivity contribution is 0.0998. The molecule has 104 valence electrons. The second kappa shape index (κ2) is 6.24. The Morgan fingerprint density at radius 1 is 1.10 bits per heavy atom. The van der Waals surface area contributed by atoms with Crippen molar-refractivity contribution in [3.05, 3.63) is 65.2 Å². The Labute approximate surface area is 119 Å². The number of carbonyl (C=O) groups excluding carboxylic acids is 1. The molecule has 2 N–H and O–H groups in total. The number of hydrogen-bond acceptors (Lipinski definition) is 2. The molecule has 0 radical (unpaired) electrons. The molecule has 0 unspecified atom stereocenters. The molecule has 0 saturated carbocycles. The molecule has 0 saturated heterocycles. The standard InChI is InChI=1S/C17H19NO2/c1-12(2)13-7-9-15(10-8-13)20-11-14-5-3-4-6-16(14)17(18)19/h3-10,12H,11H2,1-2H3,(H2,18,19). The molecule has 0 aliphatic heterocycles. The van der Waals surface area contributed by atoms with Gasteiger partial charge < -0.3 is 10.5 Å². The molecular weight excluding hydrogens is 250 g/mol. The molecule has 0 aromatic heterocycles. The Bertz CT molecular complexity index is 588. The van der Waals surface area contributed by atoms with Crippen LogP contribution in [0.1, 0.15) is 41.3 Å². The number of benzene rings is 2. The maximum Gasteiger partial charge on any atom is 0.249 e. The fourth-order valence-corrected chi connectivity index (χ4v) is 2.00. The van der Waals surface area contributed by atoms with Gasteiger partial charge in [-0.25, -0.2) is 0 Å². The molecule has 1 amide bonds. The smallest absolute Gasteiger partial charge is 0.249 e. The number of amides is 1. The van der Waals surface area contributed by atoms with Gasteiger partial charge in [0.05, 0.1) is 0 Å². The van der Waals surface area contributed by atoms with E-state index in [1.54, 1.807) is 12.1 Å². The van der Waals surface area contributed by atoms with Crippen LogP contribution < -0.4 is 10.5 Å². The molecular formula is C17H19NO2. The minimum atomic E-state index is -0.431. The lowest BCUT2D eigenvalue weighted by Crippen LogP contribution is -2.14. The third kappa shape index (κ3) is 3.38. The first-order chi connectivity index (χ1) is 9.58. The maximum atomic E-state index is 11.3. The summed E-state index contributed by atoms with van der Waals surface area (Å²) in [5.74, 6) is 0.854. The molecule has 0 aliphatic carbocycles. The van der Waals surface area contributed by atoms with Crippen molar-refractivity contribution >= 4 is 5.91 Å². The van der Waals surface area contributed by atoms with Crippen LogP contribution in [-0.4, -0.2) is 5.91 Å². The first-order valence-electron chi connectivity index (χ1n) is 6.68. The fourth-order valence-electron chi connectivity index (χ4n) is 2.00. The number of rotatable bonds is 5. The van der Waals surface area contributed by atoms with E-state index in [0.717, 1.165) is 11.3 Å². The second-order valence-electron chi connectivity index (χ2n) is 5.03. The number of hydrogen-bond donors (Lipinski definition) is 1. The molecule has 2 aromatic carbocycles. The molecule has 0 spiro atoms. The van der Waals surface area contributed by atoms with Crippen molar-refractivity contribution in [3.63, 3.8) is 0 Å². The van der Waals surface area contributed by atoms with E-state index < -0.39 is 5.91 Å². The summed E-state index contributed by atoms with van der Waals surface area (Å²) < 4.78 is 5.71. The third-order valence-electron chi connectivity index (χ3n) is 3.22. The predicted molar refractivity (Wildman–Crippen MR) is 79.8 cm³/mol. The molecule has 0 bridgehead atoms. The SMILES string of the molecule is CC(C)c1ccc(OCc2ccccc2C(N)=O)cc1. The van der Waals surface area contributed by atoms with Crippen molar-refractivity contribution in [1.29, 1.82) is 0 Å². The van der Waals surface area contributed by atoms with E-state index in [1.807, 2.05) is 24.3 Å². The lowest BCUT2D eigenvalue weighted by atomic mass is 10.0. The minimum absolute atomic E-state index is 0.333. The van der Waals surface area contributed by atoms with Gasteiger partial charge in [-0.3, -0.25) is 4.79 Å². The summed E-state index contributed by atoms with van der Waals surface area (Å²) in [6.07, 6.45) is 0. The predicted octanol–water partition coefficient (Wildman–Crippen LogP) is 3.49. The first kappa shape index (κ1) is 14.1. The molecule has 2 rings (SSSR count). The van der Waals surface area contributed by atoms with Gasteiger partial charge in [-0.2, -0.15) is 0 Å². The second-order valence-corrected chi connectivity index (χ2v) is 5.03. The molecule has 3 heteroatoms. The van der Waals surface area contributed by atoms with Gasteiger partial charge in [0.2, 0.25) is 5.91 Å². The van der Waals surface area contributed by atoms with Crippen LogP contribution in [-0.2, 0) is 6.61 Å². The highest BCUT2D eigenvalue weighted by molar-refractivity contribution is 5.94. The first-order valence-corrected chi connectivity index (χ1v) is 6.68. The van der Waals surface area contributed by atoms with Gasteiger partial charge in [0.1, 0.15) is 12.4 Å². The summed E-state index contributed by atoms with van der Waals surface area (Å²) in [4.78, 5) is 11.3. The van der Waals surface area contributed by atoms with E-state index >= 15 is 0 Å². The highest BCUT2D eigenvalue weighted by Crippen LogP contribution is 2.20. The normalized spacial score (nSPS) is 10.6. The summed E-state index contributed by atoms with van der Waals surface area (Å²) in [5, 5.41) is 0. The van der Waals surface area contributed by atoms with E-state index in [-0.39, 0.29) is 0 Å². The maximum absolute atomic E-state index is 11.3. The number of carbonyl (C=O) groups is 1. The van der Waals surface area contributed by atoms with Gasteiger partial charge in [-0.05, 0) is 29.7 Å². The van der Waals surface area contributed by atoms with Gasteiger partial charge in [0, 0.05) is 11.1 Å². The zero-order valence-corrected chi connectivity index (χ0v) is 11.8. The number of nitrogens with two attached hydrogens (primary N) is 1. The largest absolute Gasteiger partial charge is 0.489 e. The molecule has 2 aromatic rings. The monoisotopic (exact) mass is 269 g/mol. The van der Waals surface area contributed by atoms with Crippen LogP contribution in [0, 0.1) is 0 Å². The quantitative estimate of drug-likeness (QED) is 0.903. The molecule has 0 atom stereocenters. The Kier molecular flexibility index (Phi) is 4.41. The Morgan fingerprint density at radius 3 is 2.35 bits per heavy atom. The zero-order chi connectivity index (χ0) is 14.5. The van der Waals surface area contributed by atoms with Gasteiger partial charge in [-0.15, -0.1) is 0 Å². The van der Waals surface area contributed by atoms with E-state index in [0.29, 0.717) is 18.1 Å². The summed E-state index contributed by atoms with van der Waals surface area (Å²) >= 11 is 0. The van der Waals surface area contributed by atoms with Crippen molar-refractivity contribution in [2.45, 2.75) is 26.4 Å². The minimum Gasteiger partial charge on any atom is -0.489 e. The highest BCUT2D eigenvalue weighted by atomic mass is 16.5. The van der Waals surface area contributed by atoms with Gasteiger partial charge in [-0.1, -0.05) is 44.2 Å². The Balaban J connectivity index is 2.07.